The van der Waals surface area contributed by atoms with E-state index in [4.69, 9.17) is 23.2 Å². The van der Waals surface area contributed by atoms with Gasteiger partial charge in [0.25, 0.3) is 0 Å². The van der Waals surface area contributed by atoms with Crippen LogP contribution < -0.4 is 4.72 Å². The molecule has 0 unspecified atom stereocenters. The van der Waals surface area contributed by atoms with Gasteiger partial charge in [0.2, 0.25) is 5.78 Å². The van der Waals surface area contributed by atoms with Crippen molar-refractivity contribution in [2.24, 2.45) is 0 Å². The standard InChI is InChI=1S/C20H13Cl2F3N2OS/c1-11-4-2-3-5-14(11)19(28)18-17(8-12(21)10-26-18)27-29-13-6-7-16(22)15(9-13)20(23,24)25/h2-10,27H,1H3. The lowest BCUT2D eigenvalue weighted by molar-refractivity contribution is -0.137. The second-order valence-electron chi connectivity index (χ2n) is 6.04. The van der Waals surface area contributed by atoms with E-state index in [-0.39, 0.29) is 26.4 Å². The number of aromatic nitrogens is 1. The van der Waals surface area contributed by atoms with Crippen molar-refractivity contribution in [1.29, 1.82) is 0 Å². The smallest absolute Gasteiger partial charge is 0.324 e. The van der Waals surface area contributed by atoms with Gasteiger partial charge >= 0.3 is 6.18 Å². The van der Waals surface area contributed by atoms with Crippen LogP contribution in [0.5, 0.6) is 0 Å². The monoisotopic (exact) mass is 456 g/mol. The normalized spacial score (nSPS) is 11.4. The Hall–Kier alpha value is -2.22. The number of anilines is 1. The number of nitrogens with zero attached hydrogens (tertiary/aromatic N) is 1. The van der Waals surface area contributed by atoms with Crippen molar-refractivity contribution >= 4 is 46.6 Å². The first-order valence-electron chi connectivity index (χ1n) is 8.22. The molecule has 0 aliphatic carbocycles. The molecule has 0 aliphatic heterocycles. The average Bonchev–Trinajstić information content (AvgIpc) is 2.66. The third-order valence-electron chi connectivity index (χ3n) is 3.98. The molecule has 3 nitrogen and oxygen atoms in total. The highest BCUT2D eigenvalue weighted by Gasteiger charge is 2.33. The zero-order valence-electron chi connectivity index (χ0n) is 14.8. The minimum absolute atomic E-state index is 0.112. The van der Waals surface area contributed by atoms with Crippen LogP contribution in [0.2, 0.25) is 10.0 Å². The SMILES string of the molecule is Cc1ccccc1C(=O)c1ncc(Cl)cc1NSc1ccc(Cl)c(C(F)(F)F)c1. The third kappa shape index (κ3) is 5.04. The maximum Gasteiger partial charge on any atom is 0.417 e. The van der Waals surface area contributed by atoms with E-state index in [1.54, 1.807) is 25.1 Å². The van der Waals surface area contributed by atoms with Crippen LogP contribution in [0, 0.1) is 6.92 Å². The molecule has 3 aromatic rings. The molecule has 150 valence electrons. The van der Waals surface area contributed by atoms with Gasteiger partial charge in [-0.2, -0.15) is 13.2 Å². The summed E-state index contributed by atoms with van der Waals surface area (Å²) < 4.78 is 42.0. The van der Waals surface area contributed by atoms with Crippen LogP contribution in [-0.4, -0.2) is 10.8 Å². The van der Waals surface area contributed by atoms with E-state index in [2.05, 4.69) is 9.71 Å². The summed E-state index contributed by atoms with van der Waals surface area (Å²) >= 11 is 12.5. The Morgan fingerprint density at radius 1 is 1.10 bits per heavy atom. The summed E-state index contributed by atoms with van der Waals surface area (Å²) in [7, 11) is 0. The molecular formula is C20H13Cl2F3N2OS. The van der Waals surface area contributed by atoms with Crippen LogP contribution in [-0.2, 0) is 6.18 Å². The number of alkyl halides is 3. The van der Waals surface area contributed by atoms with E-state index in [0.717, 1.165) is 23.6 Å². The molecule has 1 N–H and O–H groups in total. The molecule has 0 atom stereocenters. The Kier molecular flexibility index (Phi) is 6.41. The lowest BCUT2D eigenvalue weighted by Gasteiger charge is -2.13. The first-order chi connectivity index (χ1) is 13.7. The highest BCUT2D eigenvalue weighted by atomic mass is 35.5. The van der Waals surface area contributed by atoms with Crippen molar-refractivity contribution in [3.8, 4) is 0 Å². The molecular weight excluding hydrogens is 444 g/mol. The highest BCUT2D eigenvalue weighted by molar-refractivity contribution is 8.00. The molecule has 0 aliphatic rings. The lowest BCUT2D eigenvalue weighted by atomic mass is 10.0. The molecule has 1 heterocycles. The summed E-state index contributed by atoms with van der Waals surface area (Å²) in [4.78, 5) is 17.3. The molecule has 1 aromatic heterocycles. The largest absolute Gasteiger partial charge is 0.417 e. The number of hydrogen-bond donors (Lipinski definition) is 1. The molecule has 0 saturated carbocycles. The second kappa shape index (κ2) is 8.65. The van der Waals surface area contributed by atoms with Gasteiger partial charge in [0.1, 0.15) is 5.69 Å². The number of aryl methyl sites for hydroxylation is 1. The van der Waals surface area contributed by atoms with Gasteiger partial charge in [0.05, 0.1) is 21.3 Å². The first-order valence-corrected chi connectivity index (χ1v) is 9.79. The van der Waals surface area contributed by atoms with Crippen molar-refractivity contribution in [2.45, 2.75) is 18.0 Å². The summed E-state index contributed by atoms with van der Waals surface area (Å²) in [6.07, 6.45) is -3.23. The topological polar surface area (TPSA) is 42.0 Å². The van der Waals surface area contributed by atoms with Crippen LogP contribution >= 0.6 is 35.1 Å². The molecule has 3 rings (SSSR count). The third-order valence-corrected chi connectivity index (χ3v) is 5.33. The Morgan fingerprint density at radius 2 is 1.83 bits per heavy atom. The number of hydrogen-bond acceptors (Lipinski definition) is 4. The van der Waals surface area contributed by atoms with Crippen LogP contribution in [0.4, 0.5) is 18.9 Å². The van der Waals surface area contributed by atoms with Crippen molar-refractivity contribution in [2.75, 3.05) is 4.72 Å². The lowest BCUT2D eigenvalue weighted by Crippen LogP contribution is -2.09. The van der Waals surface area contributed by atoms with E-state index in [0.29, 0.717) is 11.3 Å². The predicted octanol–water partition coefficient (Wildman–Crippen LogP) is 7.07. The quantitative estimate of drug-likeness (QED) is 0.329. The van der Waals surface area contributed by atoms with Gasteiger partial charge in [-0.15, -0.1) is 0 Å². The maximum absolute atomic E-state index is 13.1. The number of halogens is 5. The fraction of sp³-hybridized carbons (Fsp3) is 0.100. The maximum atomic E-state index is 13.1. The summed E-state index contributed by atoms with van der Waals surface area (Å²) in [6, 6.07) is 12.1. The number of carbonyl (C=O) groups is 1. The van der Waals surface area contributed by atoms with Gasteiger partial charge in [-0.05, 0) is 48.7 Å². The summed E-state index contributed by atoms with van der Waals surface area (Å²) in [6.45, 7) is 1.80. The Morgan fingerprint density at radius 3 is 2.52 bits per heavy atom. The molecule has 0 bridgehead atoms. The number of pyridine rings is 1. The average molecular weight is 457 g/mol. The highest BCUT2D eigenvalue weighted by Crippen LogP contribution is 2.37. The van der Waals surface area contributed by atoms with Gasteiger partial charge in [-0.1, -0.05) is 47.5 Å². The second-order valence-corrected chi connectivity index (χ2v) is 7.76. The molecule has 0 saturated heterocycles. The molecule has 29 heavy (non-hydrogen) atoms. The van der Waals surface area contributed by atoms with E-state index >= 15 is 0 Å². The van der Waals surface area contributed by atoms with E-state index < -0.39 is 11.7 Å². The van der Waals surface area contributed by atoms with Crippen LogP contribution in [0.15, 0.2) is 59.6 Å². The van der Waals surface area contributed by atoms with Gasteiger partial charge in [-0.3, -0.25) is 4.79 Å². The summed E-state index contributed by atoms with van der Waals surface area (Å²) in [5.74, 6) is -0.324. The summed E-state index contributed by atoms with van der Waals surface area (Å²) in [5.41, 5.74) is 0.716. The fourth-order valence-electron chi connectivity index (χ4n) is 2.55. The van der Waals surface area contributed by atoms with Crippen molar-refractivity contribution in [1.82, 2.24) is 4.98 Å². The molecule has 0 spiro atoms. The molecule has 9 heteroatoms. The van der Waals surface area contributed by atoms with Gasteiger partial charge in [0, 0.05) is 16.7 Å². The summed E-state index contributed by atoms with van der Waals surface area (Å²) in [5, 5.41) is -0.108. The van der Waals surface area contributed by atoms with Gasteiger partial charge in [0.15, 0.2) is 0 Å². The van der Waals surface area contributed by atoms with E-state index in [1.165, 1.54) is 24.4 Å². The van der Waals surface area contributed by atoms with E-state index in [9.17, 15) is 18.0 Å². The Balaban J connectivity index is 1.90. The van der Waals surface area contributed by atoms with Crippen molar-refractivity contribution in [3.05, 3.63) is 87.2 Å². The molecule has 2 aromatic carbocycles. The number of nitrogens with one attached hydrogen (secondary N) is 1. The van der Waals surface area contributed by atoms with Crippen LogP contribution in [0.1, 0.15) is 27.2 Å². The van der Waals surface area contributed by atoms with Gasteiger partial charge in [-0.25, -0.2) is 4.98 Å². The minimum atomic E-state index is -4.57. The van der Waals surface area contributed by atoms with Crippen LogP contribution in [0.25, 0.3) is 0 Å². The number of benzene rings is 2. The number of rotatable bonds is 5. The van der Waals surface area contributed by atoms with Crippen molar-refractivity contribution < 1.29 is 18.0 Å². The Labute approximate surface area is 179 Å². The zero-order valence-corrected chi connectivity index (χ0v) is 17.2. The molecule has 0 fully saturated rings. The Bertz CT molecular complexity index is 1070. The first kappa shape index (κ1) is 21.5. The van der Waals surface area contributed by atoms with Crippen molar-refractivity contribution in [3.63, 3.8) is 0 Å². The molecule has 0 radical (unpaired) electrons. The number of carbonyl (C=O) groups excluding carboxylic acids is 1. The zero-order chi connectivity index (χ0) is 21.2. The van der Waals surface area contributed by atoms with E-state index in [1.807, 2.05) is 6.07 Å². The number of ketones is 1. The van der Waals surface area contributed by atoms with Gasteiger partial charge < -0.3 is 4.72 Å². The fourth-order valence-corrected chi connectivity index (χ4v) is 3.63. The predicted molar refractivity (Wildman–Crippen MR) is 110 cm³/mol. The van der Waals surface area contributed by atoms with Crippen LogP contribution in [0.3, 0.4) is 0 Å². The minimum Gasteiger partial charge on any atom is -0.324 e. The molecule has 0 amide bonds.